The highest BCUT2D eigenvalue weighted by Crippen LogP contribution is 2.26. The van der Waals surface area contributed by atoms with Crippen LogP contribution in [0.25, 0.3) is 10.9 Å². The molecule has 4 heteroatoms. The van der Waals surface area contributed by atoms with Crippen molar-refractivity contribution in [1.29, 1.82) is 0 Å². The van der Waals surface area contributed by atoms with Crippen LogP contribution in [0.5, 0.6) is 5.75 Å². The lowest BCUT2D eigenvalue weighted by atomic mass is 10.0. The molecule has 1 fully saturated rings. The smallest absolute Gasteiger partial charge is 0.141 e. The van der Waals surface area contributed by atoms with Gasteiger partial charge in [-0.15, -0.1) is 0 Å². The second-order valence-corrected chi connectivity index (χ2v) is 7.37. The number of piperidine rings is 1. The Morgan fingerprint density at radius 3 is 2.70 bits per heavy atom. The van der Waals surface area contributed by atoms with Crippen molar-refractivity contribution in [3.8, 4) is 5.75 Å². The van der Waals surface area contributed by atoms with Crippen molar-refractivity contribution >= 4 is 16.6 Å². The first kappa shape index (κ1) is 17.8. The summed E-state index contributed by atoms with van der Waals surface area (Å²) in [6.07, 6.45) is 2.29. The third-order valence-corrected chi connectivity index (χ3v) is 5.35. The van der Waals surface area contributed by atoms with Crippen molar-refractivity contribution < 1.29 is 4.74 Å². The molecular weight excluding hydrogens is 334 g/mol. The molecule has 27 heavy (non-hydrogen) atoms. The largest absolute Gasteiger partial charge is 0.495 e. The third kappa shape index (κ3) is 4.22. The van der Waals surface area contributed by atoms with Gasteiger partial charge in [-0.3, -0.25) is 9.88 Å². The maximum Gasteiger partial charge on any atom is 0.141 e. The Balaban J connectivity index is 1.35. The predicted molar refractivity (Wildman–Crippen MR) is 111 cm³/mol. The lowest BCUT2D eigenvalue weighted by Crippen LogP contribution is -2.38. The molecule has 1 aliphatic heterocycles. The zero-order valence-electron chi connectivity index (χ0n) is 16.1. The van der Waals surface area contributed by atoms with Crippen LogP contribution >= 0.6 is 0 Å². The maximum absolute atomic E-state index is 5.45. The zero-order valence-corrected chi connectivity index (χ0v) is 16.1. The Labute approximate surface area is 161 Å². The fourth-order valence-corrected chi connectivity index (χ4v) is 3.85. The molecule has 0 saturated carbocycles. The van der Waals surface area contributed by atoms with Gasteiger partial charge < -0.3 is 10.1 Å². The number of aromatic nitrogens is 1. The van der Waals surface area contributed by atoms with Gasteiger partial charge in [-0.05, 0) is 55.7 Å². The fourth-order valence-electron chi connectivity index (χ4n) is 3.85. The second-order valence-electron chi connectivity index (χ2n) is 7.37. The number of methoxy groups -OCH3 is 1. The molecule has 4 rings (SSSR count). The Morgan fingerprint density at radius 2 is 1.89 bits per heavy atom. The van der Waals surface area contributed by atoms with Crippen molar-refractivity contribution in [2.45, 2.75) is 32.4 Å². The summed E-state index contributed by atoms with van der Waals surface area (Å²) in [4.78, 5) is 7.14. The molecule has 0 bridgehead atoms. The van der Waals surface area contributed by atoms with Gasteiger partial charge in [-0.2, -0.15) is 0 Å². The average Bonchev–Trinajstić information content (AvgIpc) is 2.70. The van der Waals surface area contributed by atoms with Gasteiger partial charge in [0.05, 0.1) is 18.3 Å². The number of benzene rings is 2. The highest BCUT2D eigenvalue weighted by atomic mass is 16.5. The van der Waals surface area contributed by atoms with Crippen LogP contribution in [0.3, 0.4) is 0 Å². The van der Waals surface area contributed by atoms with Crippen molar-refractivity contribution in [1.82, 2.24) is 9.88 Å². The number of aryl methyl sites for hydroxylation is 1. The monoisotopic (exact) mass is 361 g/mol. The number of fused-ring (bicyclic) bond motifs is 1. The van der Waals surface area contributed by atoms with Crippen LogP contribution in [0, 0.1) is 6.92 Å². The molecule has 1 saturated heterocycles. The van der Waals surface area contributed by atoms with E-state index in [1.54, 1.807) is 7.11 Å². The van der Waals surface area contributed by atoms with Crippen LogP contribution in [0.1, 0.15) is 24.1 Å². The van der Waals surface area contributed by atoms with E-state index in [9.17, 15) is 0 Å². The minimum atomic E-state index is 0.501. The molecular formula is C23H27N3O. The van der Waals surface area contributed by atoms with E-state index in [2.05, 4.69) is 57.7 Å². The minimum Gasteiger partial charge on any atom is -0.495 e. The first-order chi connectivity index (χ1) is 13.2. The molecule has 0 aliphatic carbocycles. The number of nitrogens with zero attached hydrogens (tertiary/aromatic N) is 2. The molecule has 140 valence electrons. The fraction of sp³-hybridized carbons (Fsp3) is 0.348. The summed E-state index contributed by atoms with van der Waals surface area (Å²) in [6.45, 7) is 5.26. The van der Waals surface area contributed by atoms with E-state index >= 15 is 0 Å². The number of anilines is 1. The lowest BCUT2D eigenvalue weighted by molar-refractivity contribution is 0.211. The van der Waals surface area contributed by atoms with Crippen molar-refractivity contribution in [2.75, 3.05) is 25.5 Å². The molecule has 0 atom stereocenters. The highest BCUT2D eigenvalue weighted by molar-refractivity contribution is 5.79. The normalized spacial score (nSPS) is 15.8. The molecule has 0 spiro atoms. The molecule has 1 aromatic heterocycles. The van der Waals surface area contributed by atoms with Gasteiger partial charge in [-0.1, -0.05) is 24.3 Å². The molecule has 1 aliphatic rings. The summed E-state index contributed by atoms with van der Waals surface area (Å²) in [7, 11) is 1.73. The summed E-state index contributed by atoms with van der Waals surface area (Å²) in [5.74, 6) is 0.917. The molecule has 3 aromatic rings. The second kappa shape index (κ2) is 7.97. The van der Waals surface area contributed by atoms with Gasteiger partial charge in [0.25, 0.3) is 0 Å². The van der Waals surface area contributed by atoms with Gasteiger partial charge in [-0.25, -0.2) is 0 Å². The number of likely N-dealkylation sites (tertiary alicyclic amines) is 1. The van der Waals surface area contributed by atoms with Crippen LogP contribution in [0.2, 0.25) is 0 Å². The Kier molecular flexibility index (Phi) is 5.26. The predicted octanol–water partition coefficient (Wildman–Crippen LogP) is 4.63. The van der Waals surface area contributed by atoms with E-state index in [1.807, 2.05) is 19.1 Å². The van der Waals surface area contributed by atoms with Crippen LogP contribution in [-0.4, -0.2) is 36.1 Å². The third-order valence-electron chi connectivity index (χ3n) is 5.35. The Hall–Kier alpha value is -2.59. The van der Waals surface area contributed by atoms with Crippen LogP contribution in [-0.2, 0) is 6.54 Å². The number of para-hydroxylation sites is 2. The van der Waals surface area contributed by atoms with Gasteiger partial charge in [0.1, 0.15) is 5.75 Å². The first-order valence-electron chi connectivity index (χ1n) is 9.69. The lowest BCUT2D eigenvalue weighted by Gasteiger charge is -2.33. The van der Waals surface area contributed by atoms with Crippen LogP contribution in [0.4, 0.5) is 5.69 Å². The number of ether oxygens (including phenoxy) is 1. The number of pyridine rings is 1. The number of hydrogen-bond donors (Lipinski definition) is 1. The van der Waals surface area contributed by atoms with Crippen LogP contribution in [0.15, 0.2) is 54.6 Å². The van der Waals surface area contributed by atoms with Crippen molar-refractivity contribution in [3.63, 3.8) is 0 Å². The minimum absolute atomic E-state index is 0.501. The van der Waals surface area contributed by atoms with E-state index < -0.39 is 0 Å². The van der Waals surface area contributed by atoms with Crippen molar-refractivity contribution in [2.24, 2.45) is 0 Å². The van der Waals surface area contributed by atoms with Gasteiger partial charge in [0.15, 0.2) is 0 Å². The summed E-state index contributed by atoms with van der Waals surface area (Å²) in [5.41, 5.74) is 4.61. The van der Waals surface area contributed by atoms with E-state index in [1.165, 1.54) is 10.9 Å². The maximum atomic E-state index is 5.45. The zero-order chi connectivity index (χ0) is 18.6. The number of nitrogens with one attached hydrogen (secondary N) is 1. The SMILES string of the molecule is COc1ccccc1NC1CCN(Cc2ccc3nc(C)ccc3c2)CC1. The van der Waals surface area contributed by atoms with Gasteiger partial charge >= 0.3 is 0 Å². The number of rotatable bonds is 5. The molecule has 2 heterocycles. The van der Waals surface area contributed by atoms with Gasteiger partial charge in [0.2, 0.25) is 0 Å². The first-order valence-corrected chi connectivity index (χ1v) is 9.69. The summed E-state index contributed by atoms with van der Waals surface area (Å²) < 4.78 is 5.45. The summed E-state index contributed by atoms with van der Waals surface area (Å²) in [5, 5.41) is 4.88. The van der Waals surface area contributed by atoms with E-state index in [4.69, 9.17) is 4.74 Å². The number of hydrogen-bond acceptors (Lipinski definition) is 4. The molecule has 1 N–H and O–H groups in total. The van der Waals surface area contributed by atoms with Crippen LogP contribution < -0.4 is 10.1 Å². The quantitative estimate of drug-likeness (QED) is 0.719. The van der Waals surface area contributed by atoms with E-state index in [-0.39, 0.29) is 0 Å². The average molecular weight is 361 g/mol. The molecule has 0 amide bonds. The molecule has 2 aromatic carbocycles. The highest BCUT2D eigenvalue weighted by Gasteiger charge is 2.20. The van der Waals surface area contributed by atoms with E-state index in [0.29, 0.717) is 6.04 Å². The molecule has 0 unspecified atom stereocenters. The van der Waals surface area contributed by atoms with Gasteiger partial charge in [0, 0.05) is 36.8 Å². The van der Waals surface area contributed by atoms with Crippen molar-refractivity contribution in [3.05, 3.63) is 65.9 Å². The Bertz CT molecular complexity index is 916. The topological polar surface area (TPSA) is 37.4 Å². The molecule has 4 nitrogen and oxygen atoms in total. The standard InChI is InChI=1S/C23H27N3O/c1-17-7-9-19-15-18(8-10-21(19)24-17)16-26-13-11-20(12-14-26)25-22-5-3-4-6-23(22)27-2/h3-10,15,20,25H,11-14,16H2,1-2H3. The Morgan fingerprint density at radius 1 is 1.07 bits per heavy atom. The summed E-state index contributed by atoms with van der Waals surface area (Å²) >= 11 is 0. The summed E-state index contributed by atoms with van der Waals surface area (Å²) in [6, 6.07) is 19.6. The van der Waals surface area contributed by atoms with E-state index in [0.717, 1.165) is 55.1 Å². The molecule has 0 radical (unpaired) electrons.